The van der Waals surface area contributed by atoms with Crippen molar-refractivity contribution in [3.8, 4) is 0 Å². The minimum absolute atomic E-state index is 0.0724. The standard InChI is InChI=1S/C12H16FN3O2/c1-12(5-6-14-8-12)15-7-9-3-2-4-10(11(9)13)16(17)18/h2-4,14-15H,5-8H2,1H3. The topological polar surface area (TPSA) is 67.2 Å². The monoisotopic (exact) mass is 253 g/mol. The maximum absolute atomic E-state index is 13.8. The molecule has 0 aromatic heterocycles. The normalized spacial score (nSPS) is 23.2. The van der Waals surface area contributed by atoms with Crippen molar-refractivity contribution >= 4 is 5.69 Å². The third-order valence-corrected chi connectivity index (χ3v) is 3.33. The molecule has 1 aromatic rings. The van der Waals surface area contributed by atoms with E-state index in [-0.39, 0.29) is 5.54 Å². The minimum atomic E-state index is -0.746. The van der Waals surface area contributed by atoms with Gasteiger partial charge in [0.25, 0.3) is 0 Å². The first-order valence-electron chi connectivity index (χ1n) is 5.89. The minimum Gasteiger partial charge on any atom is -0.315 e. The van der Waals surface area contributed by atoms with Crippen LogP contribution in [0.5, 0.6) is 0 Å². The van der Waals surface area contributed by atoms with Crippen molar-refractivity contribution in [1.29, 1.82) is 0 Å². The second-order valence-electron chi connectivity index (χ2n) is 4.85. The molecule has 0 radical (unpaired) electrons. The van der Waals surface area contributed by atoms with E-state index in [4.69, 9.17) is 0 Å². The Balaban J connectivity index is 2.10. The number of nitrogens with one attached hydrogen (secondary N) is 2. The summed E-state index contributed by atoms with van der Waals surface area (Å²) in [5, 5.41) is 17.1. The average Bonchev–Trinajstić information content (AvgIpc) is 2.75. The lowest BCUT2D eigenvalue weighted by atomic mass is 10.0. The zero-order valence-corrected chi connectivity index (χ0v) is 10.2. The second-order valence-corrected chi connectivity index (χ2v) is 4.85. The molecule has 0 spiro atoms. The molecule has 1 unspecified atom stereocenters. The van der Waals surface area contributed by atoms with Gasteiger partial charge in [0.1, 0.15) is 0 Å². The van der Waals surface area contributed by atoms with Gasteiger partial charge in [-0.05, 0) is 19.9 Å². The van der Waals surface area contributed by atoms with Gasteiger partial charge < -0.3 is 10.6 Å². The SMILES string of the molecule is CC1(NCc2cccc([N+](=O)[O-])c2F)CCNC1. The Morgan fingerprint density at radius 3 is 3.00 bits per heavy atom. The Bertz CT molecular complexity index is 459. The summed E-state index contributed by atoms with van der Waals surface area (Å²) in [5.74, 6) is -0.746. The molecule has 6 heteroatoms. The number of nitrogens with zero attached hydrogens (tertiary/aromatic N) is 1. The summed E-state index contributed by atoms with van der Waals surface area (Å²) in [7, 11) is 0. The van der Waals surface area contributed by atoms with Gasteiger partial charge in [-0.15, -0.1) is 0 Å². The van der Waals surface area contributed by atoms with E-state index in [1.807, 2.05) is 0 Å². The van der Waals surface area contributed by atoms with Crippen LogP contribution in [0.25, 0.3) is 0 Å². The average molecular weight is 253 g/mol. The van der Waals surface area contributed by atoms with Crippen molar-refractivity contribution in [2.45, 2.75) is 25.4 Å². The third-order valence-electron chi connectivity index (χ3n) is 3.33. The quantitative estimate of drug-likeness (QED) is 0.631. The molecule has 18 heavy (non-hydrogen) atoms. The van der Waals surface area contributed by atoms with Crippen LogP contribution >= 0.6 is 0 Å². The predicted molar refractivity (Wildman–Crippen MR) is 65.8 cm³/mol. The van der Waals surface area contributed by atoms with Gasteiger partial charge >= 0.3 is 5.69 Å². The van der Waals surface area contributed by atoms with E-state index in [0.717, 1.165) is 19.5 Å². The zero-order chi connectivity index (χ0) is 13.2. The zero-order valence-electron chi connectivity index (χ0n) is 10.2. The lowest BCUT2D eigenvalue weighted by Gasteiger charge is -2.24. The van der Waals surface area contributed by atoms with Crippen LogP contribution in [0.3, 0.4) is 0 Å². The van der Waals surface area contributed by atoms with Crippen LogP contribution in [0.4, 0.5) is 10.1 Å². The molecule has 1 atom stereocenters. The fraction of sp³-hybridized carbons (Fsp3) is 0.500. The van der Waals surface area contributed by atoms with E-state index >= 15 is 0 Å². The first kappa shape index (κ1) is 12.9. The number of hydrogen-bond donors (Lipinski definition) is 2. The highest BCUT2D eigenvalue weighted by Gasteiger charge is 2.28. The molecule has 1 aromatic carbocycles. The van der Waals surface area contributed by atoms with Crippen molar-refractivity contribution < 1.29 is 9.31 Å². The molecule has 0 amide bonds. The number of nitro groups is 1. The van der Waals surface area contributed by atoms with Crippen molar-refractivity contribution in [1.82, 2.24) is 10.6 Å². The molecular weight excluding hydrogens is 237 g/mol. The van der Waals surface area contributed by atoms with E-state index in [0.29, 0.717) is 12.1 Å². The summed E-state index contributed by atoms with van der Waals surface area (Å²) in [4.78, 5) is 9.94. The summed E-state index contributed by atoms with van der Waals surface area (Å²) in [6.45, 7) is 4.11. The van der Waals surface area contributed by atoms with Gasteiger partial charge in [0.15, 0.2) is 0 Å². The van der Waals surface area contributed by atoms with E-state index in [1.165, 1.54) is 12.1 Å². The van der Waals surface area contributed by atoms with Gasteiger partial charge in [0.2, 0.25) is 5.82 Å². The Morgan fingerprint density at radius 2 is 2.39 bits per heavy atom. The van der Waals surface area contributed by atoms with Crippen molar-refractivity contribution in [3.63, 3.8) is 0 Å². The molecule has 2 N–H and O–H groups in total. The van der Waals surface area contributed by atoms with E-state index < -0.39 is 16.4 Å². The van der Waals surface area contributed by atoms with Crippen molar-refractivity contribution in [3.05, 3.63) is 39.7 Å². The highest BCUT2D eigenvalue weighted by Crippen LogP contribution is 2.21. The Labute approximate surface area is 105 Å². The maximum atomic E-state index is 13.8. The Kier molecular flexibility index (Phi) is 3.58. The van der Waals surface area contributed by atoms with E-state index in [2.05, 4.69) is 17.6 Å². The molecule has 98 valence electrons. The highest BCUT2D eigenvalue weighted by atomic mass is 19.1. The second kappa shape index (κ2) is 4.99. The molecule has 5 nitrogen and oxygen atoms in total. The number of halogens is 1. The van der Waals surface area contributed by atoms with E-state index in [9.17, 15) is 14.5 Å². The lowest BCUT2D eigenvalue weighted by molar-refractivity contribution is -0.387. The molecule has 1 aliphatic heterocycles. The third kappa shape index (κ3) is 2.65. The van der Waals surface area contributed by atoms with Crippen LogP contribution in [0.2, 0.25) is 0 Å². The predicted octanol–water partition coefficient (Wildman–Crippen LogP) is 1.58. The number of nitro benzene ring substituents is 1. The van der Waals surface area contributed by atoms with Crippen molar-refractivity contribution in [2.24, 2.45) is 0 Å². The lowest BCUT2D eigenvalue weighted by Crippen LogP contribution is -2.43. The summed E-state index contributed by atoms with van der Waals surface area (Å²) in [6, 6.07) is 4.26. The summed E-state index contributed by atoms with van der Waals surface area (Å²) in [6.07, 6.45) is 0.962. The van der Waals surface area contributed by atoms with Gasteiger partial charge in [0, 0.05) is 30.3 Å². The van der Waals surface area contributed by atoms with Gasteiger partial charge in [-0.3, -0.25) is 10.1 Å². The van der Waals surface area contributed by atoms with Crippen LogP contribution in [0, 0.1) is 15.9 Å². The van der Waals surface area contributed by atoms with Crippen LogP contribution in [-0.4, -0.2) is 23.6 Å². The molecular formula is C12H16FN3O2. The van der Waals surface area contributed by atoms with Crippen LogP contribution < -0.4 is 10.6 Å². The fourth-order valence-electron chi connectivity index (χ4n) is 2.12. The molecule has 0 saturated carbocycles. The summed E-state index contributed by atoms with van der Waals surface area (Å²) >= 11 is 0. The molecule has 0 aliphatic carbocycles. The Morgan fingerprint density at radius 1 is 1.61 bits per heavy atom. The molecule has 1 fully saturated rings. The van der Waals surface area contributed by atoms with Crippen LogP contribution in [0.15, 0.2) is 18.2 Å². The van der Waals surface area contributed by atoms with Crippen molar-refractivity contribution in [2.75, 3.05) is 13.1 Å². The van der Waals surface area contributed by atoms with Gasteiger partial charge in [-0.25, -0.2) is 0 Å². The summed E-state index contributed by atoms with van der Waals surface area (Å²) in [5.41, 5.74) is -0.210. The van der Waals surface area contributed by atoms with Crippen LogP contribution in [-0.2, 0) is 6.54 Å². The first-order chi connectivity index (χ1) is 8.52. The molecule has 1 saturated heterocycles. The largest absolute Gasteiger partial charge is 0.315 e. The number of benzene rings is 1. The molecule has 0 bridgehead atoms. The van der Waals surface area contributed by atoms with E-state index in [1.54, 1.807) is 6.07 Å². The van der Waals surface area contributed by atoms with Gasteiger partial charge in [0.05, 0.1) is 4.92 Å². The summed E-state index contributed by atoms with van der Waals surface area (Å²) < 4.78 is 13.8. The number of rotatable bonds is 4. The smallest absolute Gasteiger partial charge is 0.305 e. The molecule has 1 aliphatic rings. The van der Waals surface area contributed by atoms with Crippen LogP contribution in [0.1, 0.15) is 18.9 Å². The molecule has 2 rings (SSSR count). The van der Waals surface area contributed by atoms with Gasteiger partial charge in [-0.2, -0.15) is 4.39 Å². The highest BCUT2D eigenvalue weighted by molar-refractivity contribution is 5.36. The Hall–Kier alpha value is -1.53. The fourth-order valence-corrected chi connectivity index (χ4v) is 2.12. The van der Waals surface area contributed by atoms with Gasteiger partial charge in [-0.1, -0.05) is 12.1 Å². The number of hydrogen-bond acceptors (Lipinski definition) is 4. The molecule has 1 heterocycles. The first-order valence-corrected chi connectivity index (χ1v) is 5.89. The maximum Gasteiger partial charge on any atom is 0.305 e.